The van der Waals surface area contributed by atoms with Crippen molar-refractivity contribution in [3.63, 3.8) is 0 Å². The van der Waals surface area contributed by atoms with E-state index in [1.807, 2.05) is 47.4 Å². The molecule has 2 aliphatic rings. The normalized spacial score (nSPS) is 17.5. The first kappa shape index (κ1) is 25.2. The van der Waals surface area contributed by atoms with Crippen LogP contribution >= 0.6 is 23.7 Å². The molecule has 182 valence electrons. The predicted molar refractivity (Wildman–Crippen MR) is 140 cm³/mol. The van der Waals surface area contributed by atoms with Crippen molar-refractivity contribution in [1.82, 2.24) is 15.5 Å². The summed E-state index contributed by atoms with van der Waals surface area (Å²) in [6.07, 6.45) is 0.809. The van der Waals surface area contributed by atoms with Crippen molar-refractivity contribution < 1.29 is 14.7 Å². The lowest BCUT2D eigenvalue weighted by Crippen LogP contribution is -2.49. The van der Waals surface area contributed by atoms with Gasteiger partial charge in [0.2, 0.25) is 0 Å². The van der Waals surface area contributed by atoms with Gasteiger partial charge in [0.25, 0.3) is 5.91 Å². The van der Waals surface area contributed by atoms with Crippen LogP contribution in [-0.4, -0.2) is 47.1 Å². The average molecular weight is 510 g/mol. The van der Waals surface area contributed by atoms with E-state index >= 15 is 0 Å². The average Bonchev–Trinajstić information content (AvgIpc) is 3.32. The minimum atomic E-state index is -0.696. The third-order valence-electron chi connectivity index (χ3n) is 6.57. The third-order valence-corrected chi connectivity index (χ3v) is 7.77. The number of fused-ring (bicyclic) bond motifs is 2. The van der Waals surface area contributed by atoms with Crippen LogP contribution in [0.1, 0.15) is 36.8 Å². The number of thiophene rings is 1. The van der Waals surface area contributed by atoms with Gasteiger partial charge >= 0.3 is 0 Å². The van der Waals surface area contributed by atoms with Crippen LogP contribution in [0, 0.1) is 0 Å². The van der Waals surface area contributed by atoms with Gasteiger partial charge in [0, 0.05) is 49.1 Å². The van der Waals surface area contributed by atoms with Gasteiger partial charge in [-0.15, -0.1) is 23.7 Å². The van der Waals surface area contributed by atoms with Gasteiger partial charge in [-0.3, -0.25) is 4.79 Å². The molecule has 0 radical (unpaired) electrons. The van der Waals surface area contributed by atoms with Gasteiger partial charge in [-0.05, 0) is 29.2 Å². The number of carbonyl (C=O) groups is 1. The van der Waals surface area contributed by atoms with Crippen molar-refractivity contribution in [3.8, 4) is 0 Å². The van der Waals surface area contributed by atoms with Gasteiger partial charge in [-0.1, -0.05) is 54.6 Å². The fraction of sp³-hybridized carbons (Fsp3) is 0.296. The number of hydrogen-bond acceptors (Lipinski definition) is 6. The summed E-state index contributed by atoms with van der Waals surface area (Å²) < 4.78 is 0. The van der Waals surface area contributed by atoms with E-state index in [9.17, 15) is 14.7 Å². The fourth-order valence-electron chi connectivity index (χ4n) is 4.70. The third kappa shape index (κ3) is 5.50. The number of halogens is 1. The quantitative estimate of drug-likeness (QED) is 0.445. The smallest absolute Gasteiger partial charge is 0.261 e. The zero-order valence-electron chi connectivity index (χ0n) is 19.2. The Morgan fingerprint density at radius 1 is 1.17 bits per heavy atom. The minimum absolute atomic E-state index is 0. The van der Waals surface area contributed by atoms with Crippen molar-refractivity contribution in [2.75, 3.05) is 13.1 Å². The molecular formula is C27H28ClN3O3S. The van der Waals surface area contributed by atoms with Crippen molar-refractivity contribution in [2.45, 2.75) is 38.1 Å². The number of aliphatic hydroxyl groups is 1. The Hall–Kier alpha value is -2.93. The molecule has 0 unspecified atom stereocenters. The number of amides is 1. The molecule has 0 fully saturated rings. The van der Waals surface area contributed by atoms with E-state index in [0.717, 1.165) is 28.8 Å². The van der Waals surface area contributed by atoms with Crippen LogP contribution in [0.15, 0.2) is 60.7 Å². The Morgan fingerprint density at radius 2 is 1.91 bits per heavy atom. The van der Waals surface area contributed by atoms with Crippen LogP contribution in [0.4, 0.5) is 0 Å². The molecule has 5 rings (SSSR count). The van der Waals surface area contributed by atoms with Gasteiger partial charge in [-0.2, -0.15) is 0 Å². The zero-order valence-corrected chi connectivity index (χ0v) is 20.8. The number of hydrogen-bond donors (Lipinski definition) is 3. The maximum absolute atomic E-state index is 12.9. The summed E-state index contributed by atoms with van der Waals surface area (Å²) in [5.74, 6) is 1.88. The summed E-state index contributed by atoms with van der Waals surface area (Å²) in [7, 11) is 0. The molecule has 2 aromatic carbocycles. The van der Waals surface area contributed by atoms with Crippen molar-refractivity contribution >= 4 is 41.3 Å². The lowest BCUT2D eigenvalue weighted by molar-refractivity contribution is 0.0873. The monoisotopic (exact) mass is 509 g/mol. The predicted octanol–water partition coefficient (Wildman–Crippen LogP) is 3.21. The maximum Gasteiger partial charge on any atom is 0.261 e. The molecule has 0 saturated carbocycles. The number of nitrogens with one attached hydrogen (secondary N) is 2. The van der Waals surface area contributed by atoms with Crippen LogP contribution in [0.2, 0.25) is 0 Å². The highest BCUT2D eigenvalue weighted by Gasteiger charge is 2.28. The first-order chi connectivity index (χ1) is 16.6. The molecule has 0 aliphatic carbocycles. The Labute approximate surface area is 215 Å². The molecule has 8 heteroatoms. The Bertz CT molecular complexity index is 1240. The molecule has 35 heavy (non-hydrogen) atoms. The Morgan fingerprint density at radius 3 is 2.69 bits per heavy atom. The summed E-state index contributed by atoms with van der Waals surface area (Å²) in [6, 6.07) is 19.9. The van der Waals surface area contributed by atoms with Crippen LogP contribution in [0.3, 0.4) is 0 Å². The second kappa shape index (κ2) is 11.2. The van der Waals surface area contributed by atoms with E-state index in [4.69, 9.17) is 0 Å². The lowest BCUT2D eigenvalue weighted by Gasteiger charge is -2.29. The van der Waals surface area contributed by atoms with E-state index in [0.29, 0.717) is 30.2 Å². The van der Waals surface area contributed by atoms with Gasteiger partial charge in [0.05, 0.1) is 11.0 Å². The summed E-state index contributed by atoms with van der Waals surface area (Å²) in [4.78, 5) is 28.3. The molecule has 1 aromatic heterocycles. The van der Waals surface area contributed by atoms with Gasteiger partial charge < -0.3 is 20.6 Å². The topological polar surface area (TPSA) is 81.7 Å². The Balaban J connectivity index is 0.00000289. The molecule has 1 amide bonds. The first-order valence-corrected chi connectivity index (χ1v) is 12.4. The van der Waals surface area contributed by atoms with E-state index in [1.54, 1.807) is 6.07 Å². The maximum atomic E-state index is 12.9. The summed E-state index contributed by atoms with van der Waals surface area (Å²) in [5.41, 5.74) is 4.90. The SMILES string of the molecule is Cl.O=C=C1c2cc(C(=O)NC[C@@H](O)[C@@H]3Cc4ccccc4CN3)sc2CCN1Cc1ccccc1. The molecule has 2 aliphatic heterocycles. The van der Waals surface area contributed by atoms with E-state index < -0.39 is 6.10 Å². The number of nitrogens with zero attached hydrogens (tertiary/aromatic N) is 1. The van der Waals surface area contributed by atoms with Gasteiger partial charge in [-0.25, -0.2) is 4.79 Å². The van der Waals surface area contributed by atoms with Gasteiger partial charge in [0.15, 0.2) is 5.94 Å². The largest absolute Gasteiger partial charge is 0.390 e. The second-order valence-electron chi connectivity index (χ2n) is 8.79. The molecule has 6 nitrogen and oxygen atoms in total. The molecule has 3 heterocycles. The number of aliphatic hydroxyl groups excluding tert-OH is 1. The summed E-state index contributed by atoms with van der Waals surface area (Å²) >= 11 is 1.41. The lowest BCUT2D eigenvalue weighted by atomic mass is 9.93. The van der Waals surface area contributed by atoms with E-state index in [-0.39, 0.29) is 30.9 Å². The van der Waals surface area contributed by atoms with Crippen LogP contribution in [-0.2, 0) is 30.7 Å². The summed E-state index contributed by atoms with van der Waals surface area (Å²) in [5, 5.41) is 16.9. The standard InChI is InChI=1S/C27H27N3O3S.ClH/c31-17-23-21-13-26(34-25(21)10-11-30(23)16-18-6-2-1-3-7-18)27(33)29-15-24(32)22-12-19-8-4-5-9-20(19)14-28-22;/h1-9,13,22,24,28,32H,10-12,14-16H2,(H,29,33);1H/t22-,24+;/m0./s1. The van der Waals surface area contributed by atoms with Crippen LogP contribution in [0.5, 0.6) is 0 Å². The molecule has 3 aromatic rings. The van der Waals surface area contributed by atoms with Crippen molar-refractivity contribution in [2.24, 2.45) is 0 Å². The van der Waals surface area contributed by atoms with Crippen LogP contribution in [0.25, 0.3) is 5.70 Å². The zero-order chi connectivity index (χ0) is 23.5. The molecule has 0 saturated heterocycles. The fourth-order valence-corrected chi connectivity index (χ4v) is 5.77. The Kier molecular flexibility index (Phi) is 8.06. The van der Waals surface area contributed by atoms with Gasteiger partial charge in [0.1, 0.15) is 5.70 Å². The number of benzene rings is 2. The highest BCUT2D eigenvalue weighted by atomic mass is 35.5. The molecule has 2 atom stereocenters. The summed E-state index contributed by atoms with van der Waals surface area (Å²) in [6.45, 7) is 2.22. The van der Waals surface area contributed by atoms with Crippen molar-refractivity contribution in [3.05, 3.63) is 92.7 Å². The van der Waals surface area contributed by atoms with E-state index in [2.05, 4.69) is 28.7 Å². The molecule has 3 N–H and O–H groups in total. The highest BCUT2D eigenvalue weighted by Crippen LogP contribution is 2.34. The molecule has 0 bridgehead atoms. The molecule has 0 spiro atoms. The van der Waals surface area contributed by atoms with E-state index in [1.165, 1.54) is 22.5 Å². The number of carbonyl (C=O) groups excluding carboxylic acids is 2. The number of rotatable bonds is 6. The highest BCUT2D eigenvalue weighted by molar-refractivity contribution is 7.14. The first-order valence-electron chi connectivity index (χ1n) is 11.6. The van der Waals surface area contributed by atoms with Crippen molar-refractivity contribution in [1.29, 1.82) is 0 Å². The van der Waals surface area contributed by atoms with Crippen LogP contribution < -0.4 is 10.6 Å². The molecular weight excluding hydrogens is 482 g/mol. The minimum Gasteiger partial charge on any atom is -0.390 e. The second-order valence-corrected chi connectivity index (χ2v) is 9.93.